The minimum absolute atomic E-state index is 0.00656. The third kappa shape index (κ3) is 4.85. The third-order valence-corrected chi connectivity index (χ3v) is 6.07. The molecule has 1 aliphatic rings. The Hall–Kier alpha value is -4.06. The van der Waals surface area contributed by atoms with Crippen molar-refractivity contribution in [3.8, 4) is 11.5 Å². The van der Waals surface area contributed by atoms with Crippen LogP contribution in [-0.2, 0) is 9.59 Å². The third-order valence-electron chi connectivity index (χ3n) is 6.07. The number of aryl methyl sites for hydroxylation is 2. The molecule has 1 fully saturated rings. The Balaban J connectivity index is 1.91. The number of hydrogen-bond acceptors (Lipinski definition) is 5. The Morgan fingerprint density at radius 2 is 1.69 bits per heavy atom. The van der Waals surface area contributed by atoms with Crippen LogP contribution in [0.5, 0.6) is 11.5 Å². The SMILES string of the molecule is CCOc1cccc(N2C(=O)C(=O)/C(=C(/O)c3cc(C)ccc3C)C2c2ccc(OC(C)C)cc2)c1. The van der Waals surface area contributed by atoms with Crippen molar-refractivity contribution in [2.75, 3.05) is 11.5 Å². The highest BCUT2D eigenvalue weighted by atomic mass is 16.5. The van der Waals surface area contributed by atoms with Crippen LogP contribution in [0.4, 0.5) is 5.69 Å². The summed E-state index contributed by atoms with van der Waals surface area (Å²) >= 11 is 0. The van der Waals surface area contributed by atoms with Crippen molar-refractivity contribution in [3.05, 3.63) is 94.6 Å². The number of anilines is 1. The van der Waals surface area contributed by atoms with E-state index in [1.165, 1.54) is 4.90 Å². The highest BCUT2D eigenvalue weighted by Crippen LogP contribution is 2.43. The summed E-state index contributed by atoms with van der Waals surface area (Å²) < 4.78 is 11.4. The number of amides is 1. The van der Waals surface area contributed by atoms with E-state index in [0.717, 1.165) is 11.1 Å². The van der Waals surface area contributed by atoms with Gasteiger partial charge in [-0.25, -0.2) is 0 Å². The number of carbonyl (C=O) groups excluding carboxylic acids is 2. The summed E-state index contributed by atoms with van der Waals surface area (Å²) in [5, 5.41) is 11.5. The maximum atomic E-state index is 13.4. The summed E-state index contributed by atoms with van der Waals surface area (Å²) in [5.41, 5.74) is 3.51. The van der Waals surface area contributed by atoms with Gasteiger partial charge in [0.25, 0.3) is 11.7 Å². The number of benzene rings is 3. The fraction of sp³-hybridized carbons (Fsp3) is 0.267. The topological polar surface area (TPSA) is 76.1 Å². The molecule has 0 saturated carbocycles. The van der Waals surface area contributed by atoms with E-state index in [-0.39, 0.29) is 17.4 Å². The van der Waals surface area contributed by atoms with Crippen molar-refractivity contribution in [3.63, 3.8) is 0 Å². The number of rotatable bonds is 7. The van der Waals surface area contributed by atoms with Crippen molar-refractivity contribution >= 4 is 23.1 Å². The van der Waals surface area contributed by atoms with Crippen molar-refractivity contribution in [1.82, 2.24) is 0 Å². The van der Waals surface area contributed by atoms with Crippen LogP contribution in [0.15, 0.2) is 72.3 Å². The van der Waals surface area contributed by atoms with Gasteiger partial charge in [0.2, 0.25) is 0 Å². The first-order valence-electron chi connectivity index (χ1n) is 12.1. The maximum Gasteiger partial charge on any atom is 0.300 e. The summed E-state index contributed by atoms with van der Waals surface area (Å²) in [6.07, 6.45) is 0.00656. The minimum Gasteiger partial charge on any atom is -0.507 e. The van der Waals surface area contributed by atoms with Gasteiger partial charge in [0, 0.05) is 17.3 Å². The smallest absolute Gasteiger partial charge is 0.300 e. The molecule has 4 rings (SSSR count). The molecule has 0 bridgehead atoms. The zero-order valence-electron chi connectivity index (χ0n) is 21.2. The maximum absolute atomic E-state index is 13.4. The molecule has 3 aromatic carbocycles. The zero-order valence-corrected chi connectivity index (χ0v) is 21.2. The van der Waals surface area contributed by atoms with Gasteiger partial charge in [-0.3, -0.25) is 14.5 Å². The van der Waals surface area contributed by atoms with Gasteiger partial charge >= 0.3 is 0 Å². The second-order valence-corrected chi connectivity index (χ2v) is 9.15. The predicted molar refractivity (Wildman–Crippen MR) is 141 cm³/mol. The monoisotopic (exact) mass is 485 g/mol. The molecule has 3 aromatic rings. The van der Waals surface area contributed by atoms with Gasteiger partial charge in [-0.1, -0.05) is 35.9 Å². The van der Waals surface area contributed by atoms with Crippen molar-refractivity contribution in [2.24, 2.45) is 0 Å². The van der Waals surface area contributed by atoms with E-state index in [4.69, 9.17) is 9.47 Å². The van der Waals surface area contributed by atoms with E-state index >= 15 is 0 Å². The molecule has 1 amide bonds. The molecule has 36 heavy (non-hydrogen) atoms. The van der Waals surface area contributed by atoms with Crippen molar-refractivity contribution in [1.29, 1.82) is 0 Å². The van der Waals surface area contributed by atoms with E-state index in [9.17, 15) is 14.7 Å². The second kappa shape index (κ2) is 10.3. The van der Waals surface area contributed by atoms with E-state index < -0.39 is 17.7 Å². The second-order valence-electron chi connectivity index (χ2n) is 9.15. The molecule has 186 valence electrons. The molecular weight excluding hydrogens is 454 g/mol. The number of nitrogens with zero attached hydrogens (tertiary/aromatic N) is 1. The number of aliphatic hydroxyl groups is 1. The van der Waals surface area contributed by atoms with Gasteiger partial charge in [0.05, 0.1) is 24.3 Å². The molecule has 1 aliphatic heterocycles. The number of hydrogen-bond donors (Lipinski definition) is 1. The summed E-state index contributed by atoms with van der Waals surface area (Å²) in [4.78, 5) is 28.3. The molecule has 6 heteroatoms. The highest BCUT2D eigenvalue weighted by Gasteiger charge is 2.47. The largest absolute Gasteiger partial charge is 0.507 e. The standard InChI is InChI=1S/C30H31NO5/c1-6-35-24-9-7-8-22(17-24)31-27(21-12-14-23(15-13-21)36-18(2)3)26(29(33)30(31)34)28(32)25-16-19(4)10-11-20(25)5/h7-18,27,32H,6H2,1-5H3/b28-26+. The zero-order chi connectivity index (χ0) is 26.0. The van der Waals surface area contributed by atoms with Crippen LogP contribution in [-0.4, -0.2) is 29.5 Å². The van der Waals surface area contributed by atoms with E-state index in [1.54, 1.807) is 24.3 Å². The molecule has 1 atom stereocenters. The first kappa shape index (κ1) is 25.0. The van der Waals surface area contributed by atoms with Crippen LogP contribution in [0.3, 0.4) is 0 Å². The van der Waals surface area contributed by atoms with Crippen LogP contribution in [0.2, 0.25) is 0 Å². The number of Topliss-reactive ketones (excluding diaryl/α,β-unsaturated/α-hetero) is 1. The van der Waals surface area contributed by atoms with Crippen LogP contribution in [0.1, 0.15) is 49.1 Å². The van der Waals surface area contributed by atoms with Crippen LogP contribution >= 0.6 is 0 Å². The molecule has 0 spiro atoms. The molecule has 1 unspecified atom stereocenters. The van der Waals surface area contributed by atoms with Crippen LogP contribution in [0, 0.1) is 13.8 Å². The molecule has 1 N–H and O–H groups in total. The normalized spacial score (nSPS) is 17.1. The molecule has 0 aromatic heterocycles. The molecule has 1 heterocycles. The first-order chi connectivity index (χ1) is 17.2. The first-order valence-corrected chi connectivity index (χ1v) is 12.1. The Kier molecular flexibility index (Phi) is 7.15. The Morgan fingerprint density at radius 3 is 2.36 bits per heavy atom. The van der Waals surface area contributed by atoms with E-state index in [0.29, 0.717) is 34.9 Å². The number of carbonyl (C=O) groups is 2. The number of ether oxygens (including phenoxy) is 2. The van der Waals surface area contributed by atoms with Crippen molar-refractivity contribution in [2.45, 2.75) is 46.8 Å². The summed E-state index contributed by atoms with van der Waals surface area (Å²) in [5.74, 6) is -0.360. The van der Waals surface area contributed by atoms with Gasteiger partial charge in [-0.15, -0.1) is 0 Å². The average molecular weight is 486 g/mol. The van der Waals surface area contributed by atoms with Crippen LogP contribution in [0.25, 0.3) is 5.76 Å². The summed E-state index contributed by atoms with van der Waals surface area (Å²) in [6, 6.07) is 19.2. The lowest BCUT2D eigenvalue weighted by atomic mass is 9.93. The summed E-state index contributed by atoms with van der Waals surface area (Å²) in [6.45, 7) is 10.0. The fourth-order valence-corrected chi connectivity index (χ4v) is 4.44. The molecule has 1 saturated heterocycles. The van der Waals surface area contributed by atoms with Gasteiger partial charge < -0.3 is 14.6 Å². The average Bonchev–Trinajstić information content (AvgIpc) is 3.11. The van der Waals surface area contributed by atoms with E-state index in [2.05, 4.69) is 0 Å². The molecule has 0 radical (unpaired) electrons. The lowest BCUT2D eigenvalue weighted by molar-refractivity contribution is -0.132. The molecule has 6 nitrogen and oxygen atoms in total. The Morgan fingerprint density at radius 1 is 0.972 bits per heavy atom. The molecular formula is C30H31NO5. The highest BCUT2D eigenvalue weighted by molar-refractivity contribution is 6.51. The van der Waals surface area contributed by atoms with Gasteiger partial charge in [0.1, 0.15) is 17.3 Å². The van der Waals surface area contributed by atoms with E-state index in [1.807, 2.05) is 77.1 Å². The number of ketones is 1. The quantitative estimate of drug-likeness (QED) is 0.248. The fourth-order valence-electron chi connectivity index (χ4n) is 4.44. The van der Waals surface area contributed by atoms with Crippen LogP contribution < -0.4 is 14.4 Å². The molecule has 0 aliphatic carbocycles. The predicted octanol–water partition coefficient (Wildman–Crippen LogP) is 6.12. The minimum atomic E-state index is -0.824. The van der Waals surface area contributed by atoms with Gasteiger partial charge in [0.15, 0.2) is 0 Å². The summed E-state index contributed by atoms with van der Waals surface area (Å²) in [7, 11) is 0. The Labute approximate surface area is 211 Å². The van der Waals surface area contributed by atoms with Gasteiger partial charge in [-0.2, -0.15) is 0 Å². The lowest BCUT2D eigenvalue weighted by Gasteiger charge is -2.26. The Bertz CT molecular complexity index is 1320. The van der Waals surface area contributed by atoms with Crippen molar-refractivity contribution < 1.29 is 24.2 Å². The lowest BCUT2D eigenvalue weighted by Crippen LogP contribution is -2.29. The van der Waals surface area contributed by atoms with Gasteiger partial charge in [-0.05, 0) is 76.1 Å². The number of aliphatic hydroxyl groups excluding tert-OH is 1.